The van der Waals surface area contributed by atoms with Crippen molar-refractivity contribution in [3.8, 4) is 5.75 Å². The van der Waals surface area contributed by atoms with E-state index in [1.54, 1.807) is 62.6 Å². The van der Waals surface area contributed by atoms with E-state index in [-0.39, 0.29) is 12.5 Å². The van der Waals surface area contributed by atoms with Gasteiger partial charge in [0.1, 0.15) is 11.2 Å². The topological polar surface area (TPSA) is 84.9 Å². The van der Waals surface area contributed by atoms with Crippen LogP contribution in [0.4, 0.5) is 0 Å². The predicted molar refractivity (Wildman–Crippen MR) is 102 cm³/mol. The fourth-order valence-electron chi connectivity index (χ4n) is 2.59. The third-order valence-electron chi connectivity index (χ3n) is 4.34. The number of hydrogen-bond acceptors (Lipinski definition) is 4. The lowest BCUT2D eigenvalue weighted by molar-refractivity contribution is -0.142. The van der Waals surface area contributed by atoms with Crippen LogP contribution in [0.15, 0.2) is 54.6 Å². The lowest BCUT2D eigenvalue weighted by Crippen LogP contribution is -2.44. The second-order valence-electron chi connectivity index (χ2n) is 6.41. The highest BCUT2D eigenvalue weighted by molar-refractivity contribution is 5.95. The van der Waals surface area contributed by atoms with Crippen LogP contribution in [0.3, 0.4) is 0 Å². The largest absolute Gasteiger partial charge is 0.493 e. The molecule has 1 atom stereocenters. The van der Waals surface area contributed by atoms with Crippen molar-refractivity contribution in [3.05, 3.63) is 65.7 Å². The third-order valence-corrected chi connectivity index (χ3v) is 4.34. The highest BCUT2D eigenvalue weighted by Crippen LogP contribution is 2.23. The summed E-state index contributed by atoms with van der Waals surface area (Å²) < 4.78 is 10.6. The fourth-order valence-corrected chi connectivity index (χ4v) is 2.59. The number of amides is 1. The minimum Gasteiger partial charge on any atom is -0.493 e. The van der Waals surface area contributed by atoms with Crippen LogP contribution in [0.1, 0.15) is 29.3 Å². The van der Waals surface area contributed by atoms with Gasteiger partial charge in [0.15, 0.2) is 0 Å². The van der Waals surface area contributed by atoms with Crippen LogP contribution in [0.25, 0.3) is 0 Å². The summed E-state index contributed by atoms with van der Waals surface area (Å²) in [7, 11) is 1.63. The summed E-state index contributed by atoms with van der Waals surface area (Å²) in [6.07, 6.45) is 0.751. The lowest BCUT2D eigenvalue weighted by Gasteiger charge is -2.25. The smallest absolute Gasteiger partial charge is 0.315 e. The first kappa shape index (κ1) is 20.5. The number of aliphatic carboxylic acids is 1. The Labute approximate surface area is 159 Å². The molecular weight excluding hydrogens is 346 g/mol. The van der Waals surface area contributed by atoms with Gasteiger partial charge >= 0.3 is 5.97 Å². The molecule has 0 aliphatic carbocycles. The highest BCUT2D eigenvalue weighted by atomic mass is 16.5. The molecule has 2 aromatic carbocycles. The zero-order valence-electron chi connectivity index (χ0n) is 15.6. The Bertz CT molecular complexity index is 762. The molecule has 1 unspecified atom stereocenters. The standard InChI is InChI=1S/C21H25NO5/c1-21(20(24)25,17-9-4-3-5-10-17)15-22-19(23)16-8-6-11-18(14-16)27-13-7-12-26-2/h3-6,8-11,14H,7,12-13,15H2,1-2H3,(H,22,23)(H,24,25). The molecule has 1 amide bonds. The van der Waals surface area contributed by atoms with Crippen molar-refractivity contribution in [1.29, 1.82) is 0 Å². The number of hydrogen-bond donors (Lipinski definition) is 2. The molecule has 0 aromatic heterocycles. The van der Waals surface area contributed by atoms with Crippen molar-refractivity contribution >= 4 is 11.9 Å². The Morgan fingerprint density at radius 3 is 2.48 bits per heavy atom. The second-order valence-corrected chi connectivity index (χ2v) is 6.41. The van der Waals surface area contributed by atoms with Crippen LogP contribution >= 0.6 is 0 Å². The molecule has 2 aromatic rings. The molecule has 144 valence electrons. The van der Waals surface area contributed by atoms with Crippen LogP contribution < -0.4 is 10.1 Å². The maximum atomic E-state index is 12.5. The van der Waals surface area contributed by atoms with Crippen molar-refractivity contribution in [2.75, 3.05) is 26.9 Å². The van der Waals surface area contributed by atoms with Crippen molar-refractivity contribution in [2.24, 2.45) is 0 Å². The van der Waals surface area contributed by atoms with Crippen LogP contribution in [0.2, 0.25) is 0 Å². The molecule has 2 rings (SSSR count). The summed E-state index contributed by atoms with van der Waals surface area (Å²) in [6, 6.07) is 15.7. The summed E-state index contributed by atoms with van der Waals surface area (Å²) in [5.74, 6) is -0.757. The monoisotopic (exact) mass is 371 g/mol. The van der Waals surface area contributed by atoms with Crippen LogP contribution in [0.5, 0.6) is 5.75 Å². The van der Waals surface area contributed by atoms with Gasteiger partial charge in [-0.05, 0) is 30.7 Å². The Morgan fingerprint density at radius 2 is 1.81 bits per heavy atom. The Hall–Kier alpha value is -2.86. The molecule has 0 bridgehead atoms. The van der Waals surface area contributed by atoms with Gasteiger partial charge in [-0.25, -0.2) is 0 Å². The summed E-state index contributed by atoms with van der Waals surface area (Å²) in [5.41, 5.74) is -0.168. The molecule has 0 aliphatic rings. The average Bonchev–Trinajstić information content (AvgIpc) is 2.70. The van der Waals surface area contributed by atoms with E-state index in [0.29, 0.717) is 30.1 Å². The summed E-state index contributed by atoms with van der Waals surface area (Å²) in [5, 5.41) is 12.4. The summed E-state index contributed by atoms with van der Waals surface area (Å²) in [4.78, 5) is 24.3. The van der Waals surface area contributed by atoms with E-state index in [9.17, 15) is 14.7 Å². The molecule has 0 heterocycles. The van der Waals surface area contributed by atoms with E-state index < -0.39 is 11.4 Å². The number of carboxylic acids is 1. The van der Waals surface area contributed by atoms with Gasteiger partial charge in [0, 0.05) is 32.2 Å². The minimum atomic E-state index is -1.22. The number of nitrogens with one attached hydrogen (secondary N) is 1. The van der Waals surface area contributed by atoms with Gasteiger partial charge in [-0.3, -0.25) is 9.59 Å². The van der Waals surface area contributed by atoms with Gasteiger partial charge in [-0.2, -0.15) is 0 Å². The average molecular weight is 371 g/mol. The quantitative estimate of drug-likeness (QED) is 0.628. The third kappa shape index (κ3) is 5.56. The molecule has 2 N–H and O–H groups in total. The number of benzene rings is 2. The number of rotatable bonds is 10. The van der Waals surface area contributed by atoms with Gasteiger partial charge in [0.25, 0.3) is 5.91 Å². The highest BCUT2D eigenvalue weighted by Gasteiger charge is 2.35. The molecule has 27 heavy (non-hydrogen) atoms. The first-order valence-corrected chi connectivity index (χ1v) is 8.76. The Balaban J connectivity index is 2.03. The fraction of sp³-hybridized carbons (Fsp3) is 0.333. The molecular formula is C21H25NO5. The molecule has 0 saturated heterocycles. The van der Waals surface area contributed by atoms with Crippen LogP contribution in [-0.2, 0) is 14.9 Å². The molecule has 0 radical (unpaired) electrons. The molecule has 0 aliphatic heterocycles. The van der Waals surface area contributed by atoms with Crippen LogP contribution in [-0.4, -0.2) is 43.9 Å². The molecule has 0 spiro atoms. The van der Waals surface area contributed by atoms with E-state index >= 15 is 0 Å². The van der Waals surface area contributed by atoms with Crippen molar-refractivity contribution < 1.29 is 24.2 Å². The Morgan fingerprint density at radius 1 is 1.07 bits per heavy atom. The predicted octanol–water partition coefficient (Wildman–Crippen LogP) is 2.87. The number of methoxy groups -OCH3 is 1. The zero-order chi connectivity index (χ0) is 19.7. The maximum Gasteiger partial charge on any atom is 0.315 e. The van der Waals surface area contributed by atoms with Gasteiger partial charge in [-0.15, -0.1) is 0 Å². The van der Waals surface area contributed by atoms with Gasteiger partial charge in [0.2, 0.25) is 0 Å². The van der Waals surface area contributed by atoms with E-state index in [4.69, 9.17) is 9.47 Å². The lowest BCUT2D eigenvalue weighted by atomic mass is 9.82. The minimum absolute atomic E-state index is 0.0237. The summed E-state index contributed by atoms with van der Waals surface area (Å²) in [6.45, 7) is 2.67. The van der Waals surface area contributed by atoms with E-state index in [1.165, 1.54) is 0 Å². The van der Waals surface area contributed by atoms with Crippen molar-refractivity contribution in [3.63, 3.8) is 0 Å². The van der Waals surface area contributed by atoms with E-state index in [1.807, 2.05) is 6.07 Å². The summed E-state index contributed by atoms with van der Waals surface area (Å²) >= 11 is 0. The van der Waals surface area contributed by atoms with Gasteiger partial charge in [0.05, 0.1) is 6.61 Å². The second kappa shape index (κ2) is 9.73. The zero-order valence-corrected chi connectivity index (χ0v) is 15.6. The molecule has 6 nitrogen and oxygen atoms in total. The van der Waals surface area contributed by atoms with Crippen LogP contribution in [0, 0.1) is 0 Å². The molecule has 0 saturated carbocycles. The Kier molecular flexibility index (Phi) is 7.37. The molecule has 0 fully saturated rings. The number of carbonyl (C=O) groups is 2. The van der Waals surface area contributed by atoms with Gasteiger partial charge < -0.3 is 19.9 Å². The SMILES string of the molecule is COCCCOc1cccc(C(=O)NCC(C)(C(=O)O)c2ccccc2)c1. The first-order chi connectivity index (χ1) is 13.0. The number of ether oxygens (including phenoxy) is 2. The maximum absolute atomic E-state index is 12.5. The van der Waals surface area contributed by atoms with Crippen molar-refractivity contribution in [2.45, 2.75) is 18.8 Å². The number of carbonyl (C=O) groups excluding carboxylic acids is 1. The molecule has 6 heteroatoms. The van der Waals surface area contributed by atoms with Gasteiger partial charge in [-0.1, -0.05) is 36.4 Å². The van der Waals surface area contributed by atoms with Crippen molar-refractivity contribution in [1.82, 2.24) is 5.32 Å². The van der Waals surface area contributed by atoms with E-state index in [2.05, 4.69) is 5.32 Å². The number of carboxylic acid groups (broad SMARTS) is 1. The normalized spacial score (nSPS) is 12.8. The first-order valence-electron chi connectivity index (χ1n) is 8.76. The van der Waals surface area contributed by atoms with E-state index in [0.717, 1.165) is 6.42 Å².